The molecule has 0 aliphatic heterocycles. The zero-order chi connectivity index (χ0) is 20.6. The van der Waals surface area contributed by atoms with Gasteiger partial charge in [0.1, 0.15) is 0 Å². The van der Waals surface area contributed by atoms with Crippen LogP contribution in [0.5, 0.6) is 0 Å². The lowest BCUT2D eigenvalue weighted by molar-refractivity contribution is 0.491. The normalized spacial score (nSPS) is 12.6. The third-order valence-corrected chi connectivity index (χ3v) is 5.63. The van der Waals surface area contributed by atoms with Crippen LogP contribution in [0.25, 0.3) is 0 Å². The number of aromatic nitrogens is 1. The number of sulfonamides is 1. The third kappa shape index (κ3) is 6.94. The first-order chi connectivity index (χ1) is 13.2. The fourth-order valence-electron chi connectivity index (χ4n) is 2.62. The number of benzene rings is 1. The van der Waals surface area contributed by atoms with Gasteiger partial charge in [0.05, 0.1) is 4.90 Å². The van der Waals surface area contributed by atoms with E-state index < -0.39 is 15.6 Å². The van der Waals surface area contributed by atoms with E-state index in [0.717, 1.165) is 12.1 Å². The molecule has 8 heteroatoms. The lowest BCUT2D eigenvalue weighted by Crippen LogP contribution is -2.41. The van der Waals surface area contributed by atoms with Crippen LogP contribution < -0.4 is 15.4 Å². The predicted octanol–water partition coefficient (Wildman–Crippen LogP) is 2.07. The van der Waals surface area contributed by atoms with Crippen LogP contribution in [-0.4, -0.2) is 38.5 Å². The maximum absolute atomic E-state index is 12.7. The standard InChI is InChI=1S/C20H29N5O2S/c1-20(2,3)25-28(26,27)18-11-6-5-9-16(18)15-24-19(21-4)23-14-12-17-10-7-8-13-22-17/h5-11,13,25H,12,14-15H2,1-4H3,(H2,21,23,24). The number of hydrogen-bond donors (Lipinski definition) is 3. The average molecular weight is 404 g/mol. The minimum Gasteiger partial charge on any atom is -0.356 e. The summed E-state index contributed by atoms with van der Waals surface area (Å²) in [5.74, 6) is 0.604. The minimum atomic E-state index is -3.61. The van der Waals surface area contributed by atoms with Crippen molar-refractivity contribution >= 4 is 16.0 Å². The molecular formula is C20H29N5O2S. The Bertz CT molecular complexity index is 890. The van der Waals surface area contributed by atoms with Gasteiger partial charge in [-0.25, -0.2) is 13.1 Å². The van der Waals surface area contributed by atoms with Crippen molar-refractivity contribution in [2.24, 2.45) is 4.99 Å². The van der Waals surface area contributed by atoms with Crippen LogP contribution in [0.2, 0.25) is 0 Å². The summed E-state index contributed by atoms with van der Waals surface area (Å²) in [6.45, 7) is 6.46. The number of nitrogens with one attached hydrogen (secondary N) is 3. The first-order valence-electron chi connectivity index (χ1n) is 9.17. The van der Waals surface area contributed by atoms with Crippen LogP contribution >= 0.6 is 0 Å². The maximum Gasteiger partial charge on any atom is 0.241 e. The first kappa shape index (κ1) is 21.8. The molecule has 0 fully saturated rings. The van der Waals surface area contributed by atoms with Gasteiger partial charge >= 0.3 is 0 Å². The van der Waals surface area contributed by atoms with E-state index in [1.165, 1.54) is 0 Å². The fourth-order valence-corrected chi connectivity index (χ4v) is 4.28. The molecule has 152 valence electrons. The summed E-state index contributed by atoms with van der Waals surface area (Å²) in [4.78, 5) is 8.75. The predicted molar refractivity (Wildman–Crippen MR) is 113 cm³/mol. The molecule has 2 aromatic rings. The van der Waals surface area contributed by atoms with E-state index in [0.29, 0.717) is 24.6 Å². The van der Waals surface area contributed by atoms with Crippen LogP contribution in [0.4, 0.5) is 0 Å². The molecule has 0 radical (unpaired) electrons. The quantitative estimate of drug-likeness (QED) is 0.486. The number of guanidine groups is 1. The topological polar surface area (TPSA) is 95.5 Å². The molecule has 0 amide bonds. The highest BCUT2D eigenvalue weighted by Crippen LogP contribution is 2.17. The first-order valence-corrected chi connectivity index (χ1v) is 10.7. The summed E-state index contributed by atoms with van der Waals surface area (Å²) in [5.41, 5.74) is 1.12. The number of pyridine rings is 1. The minimum absolute atomic E-state index is 0.265. The molecule has 0 aliphatic carbocycles. The zero-order valence-corrected chi connectivity index (χ0v) is 17.7. The average Bonchev–Trinajstić information content (AvgIpc) is 2.63. The van der Waals surface area contributed by atoms with E-state index in [-0.39, 0.29) is 4.90 Å². The van der Waals surface area contributed by atoms with Crippen LogP contribution in [0.3, 0.4) is 0 Å². The molecule has 1 aromatic carbocycles. The van der Waals surface area contributed by atoms with Crippen LogP contribution in [0, 0.1) is 0 Å². The smallest absolute Gasteiger partial charge is 0.241 e. The summed E-state index contributed by atoms with van der Waals surface area (Å²) in [6, 6.07) is 12.8. The maximum atomic E-state index is 12.7. The van der Waals surface area contributed by atoms with Crippen molar-refractivity contribution in [3.63, 3.8) is 0 Å². The molecule has 1 heterocycles. The Morgan fingerprint density at radius 1 is 1.07 bits per heavy atom. The summed E-state index contributed by atoms with van der Waals surface area (Å²) < 4.78 is 28.1. The van der Waals surface area contributed by atoms with Gasteiger partial charge in [-0.3, -0.25) is 9.98 Å². The zero-order valence-electron chi connectivity index (χ0n) is 16.9. The molecule has 0 saturated carbocycles. The van der Waals surface area contributed by atoms with Crippen molar-refractivity contribution in [1.82, 2.24) is 20.3 Å². The second-order valence-corrected chi connectivity index (χ2v) is 9.04. The highest BCUT2D eigenvalue weighted by molar-refractivity contribution is 7.89. The highest BCUT2D eigenvalue weighted by atomic mass is 32.2. The monoisotopic (exact) mass is 403 g/mol. The van der Waals surface area contributed by atoms with Crippen LogP contribution in [0.15, 0.2) is 58.5 Å². The molecule has 0 atom stereocenters. The Labute approximate surface area is 167 Å². The van der Waals surface area contributed by atoms with Gasteiger partial charge in [0, 0.05) is 44.0 Å². The lowest BCUT2D eigenvalue weighted by atomic mass is 10.1. The summed E-state index contributed by atoms with van der Waals surface area (Å²) in [6.07, 6.45) is 2.54. The van der Waals surface area contributed by atoms with Crippen LogP contribution in [0.1, 0.15) is 32.0 Å². The van der Waals surface area contributed by atoms with Gasteiger partial charge in [-0.05, 0) is 44.5 Å². The van der Waals surface area contributed by atoms with Gasteiger partial charge in [-0.2, -0.15) is 0 Å². The molecule has 0 saturated heterocycles. The van der Waals surface area contributed by atoms with Crippen molar-refractivity contribution in [2.45, 2.75) is 44.2 Å². The third-order valence-electron chi connectivity index (χ3n) is 3.77. The van der Waals surface area contributed by atoms with Crippen molar-refractivity contribution < 1.29 is 8.42 Å². The highest BCUT2D eigenvalue weighted by Gasteiger charge is 2.24. The Kier molecular flexibility index (Phi) is 7.53. The van der Waals surface area contributed by atoms with Gasteiger partial charge in [0.2, 0.25) is 10.0 Å². The van der Waals surface area contributed by atoms with Crippen molar-refractivity contribution in [3.8, 4) is 0 Å². The second kappa shape index (κ2) is 9.66. The summed E-state index contributed by atoms with van der Waals surface area (Å²) in [7, 11) is -1.93. The largest absolute Gasteiger partial charge is 0.356 e. The molecule has 1 aromatic heterocycles. The van der Waals surface area contributed by atoms with Gasteiger partial charge < -0.3 is 10.6 Å². The molecule has 7 nitrogen and oxygen atoms in total. The SMILES string of the molecule is CN=C(NCCc1ccccn1)NCc1ccccc1S(=O)(=O)NC(C)(C)C. The molecule has 28 heavy (non-hydrogen) atoms. The van der Waals surface area contributed by atoms with E-state index in [9.17, 15) is 8.42 Å². The van der Waals surface area contributed by atoms with E-state index in [4.69, 9.17) is 0 Å². The van der Waals surface area contributed by atoms with E-state index in [1.54, 1.807) is 31.4 Å². The van der Waals surface area contributed by atoms with E-state index >= 15 is 0 Å². The Morgan fingerprint density at radius 3 is 2.43 bits per heavy atom. The van der Waals surface area contributed by atoms with Gasteiger partial charge in [0.25, 0.3) is 0 Å². The Morgan fingerprint density at radius 2 is 1.79 bits per heavy atom. The van der Waals surface area contributed by atoms with Gasteiger partial charge in [-0.15, -0.1) is 0 Å². The molecule has 0 bridgehead atoms. The second-order valence-electron chi connectivity index (χ2n) is 7.39. The molecule has 0 aliphatic rings. The number of aliphatic imine (C=N–C) groups is 1. The van der Waals surface area contributed by atoms with E-state index in [2.05, 4.69) is 25.3 Å². The number of nitrogens with zero attached hydrogens (tertiary/aromatic N) is 2. The Hall–Kier alpha value is -2.45. The molecule has 3 N–H and O–H groups in total. The van der Waals surface area contributed by atoms with Gasteiger partial charge in [-0.1, -0.05) is 24.3 Å². The van der Waals surface area contributed by atoms with Crippen molar-refractivity contribution in [3.05, 3.63) is 59.9 Å². The fraction of sp³-hybridized carbons (Fsp3) is 0.400. The molecular weight excluding hydrogens is 374 g/mol. The molecule has 0 unspecified atom stereocenters. The lowest BCUT2D eigenvalue weighted by Gasteiger charge is -2.22. The van der Waals surface area contributed by atoms with E-state index in [1.807, 2.05) is 45.0 Å². The summed E-state index contributed by atoms with van der Waals surface area (Å²) in [5, 5.41) is 6.39. The Balaban J connectivity index is 1.99. The van der Waals surface area contributed by atoms with Crippen molar-refractivity contribution in [1.29, 1.82) is 0 Å². The molecule has 2 rings (SSSR count). The van der Waals surface area contributed by atoms with Gasteiger partial charge in [0.15, 0.2) is 5.96 Å². The van der Waals surface area contributed by atoms with Crippen LogP contribution in [-0.2, 0) is 23.0 Å². The number of hydrogen-bond acceptors (Lipinski definition) is 4. The molecule has 0 spiro atoms. The van der Waals surface area contributed by atoms with Crippen molar-refractivity contribution in [2.75, 3.05) is 13.6 Å². The summed E-state index contributed by atoms with van der Waals surface area (Å²) >= 11 is 0. The number of rotatable bonds is 7.